The lowest BCUT2D eigenvalue weighted by atomic mass is 10.1. The maximum atomic E-state index is 10.9. The summed E-state index contributed by atoms with van der Waals surface area (Å²) in [6, 6.07) is 15.5. The lowest BCUT2D eigenvalue weighted by Crippen LogP contribution is -2.28. The van der Waals surface area contributed by atoms with Gasteiger partial charge < -0.3 is 25.6 Å². The highest BCUT2D eigenvalue weighted by atomic mass is 16.6. The van der Waals surface area contributed by atoms with Crippen molar-refractivity contribution >= 4 is 6.09 Å². The Morgan fingerprint density at radius 1 is 1.12 bits per heavy atom. The fourth-order valence-electron chi connectivity index (χ4n) is 2.64. The van der Waals surface area contributed by atoms with Crippen molar-refractivity contribution in [2.45, 2.75) is 25.4 Å². The first-order valence-corrected chi connectivity index (χ1v) is 8.65. The molecule has 2 rings (SSSR count). The Kier molecular flexibility index (Phi) is 7.92. The van der Waals surface area contributed by atoms with Gasteiger partial charge in [0.15, 0.2) is 11.5 Å². The summed E-state index contributed by atoms with van der Waals surface area (Å²) in [5, 5.41) is 13.3. The largest absolute Gasteiger partial charge is 0.493 e. The molecule has 0 saturated carbocycles. The van der Waals surface area contributed by atoms with Gasteiger partial charge in [0.1, 0.15) is 0 Å². The summed E-state index contributed by atoms with van der Waals surface area (Å²) in [5.74, 6) is 0.761. The van der Waals surface area contributed by atoms with Gasteiger partial charge in [0.25, 0.3) is 0 Å². The number of methoxy groups -OCH3 is 1. The van der Waals surface area contributed by atoms with Crippen LogP contribution in [0.15, 0.2) is 48.5 Å². The molecule has 0 aliphatic heterocycles. The Bertz CT molecular complexity index is 691. The van der Waals surface area contributed by atoms with Gasteiger partial charge >= 0.3 is 6.09 Å². The van der Waals surface area contributed by atoms with Crippen LogP contribution in [-0.4, -0.2) is 37.5 Å². The predicted molar refractivity (Wildman–Crippen MR) is 101 cm³/mol. The molecule has 2 aromatic rings. The van der Waals surface area contributed by atoms with Gasteiger partial charge in [-0.1, -0.05) is 36.4 Å². The standard InChI is InChI=1S/C20H26N2O4/c1-25-19-13-16(8-10-18(19)26-20(21)24)11-12-22-14-17(23)9-7-15-5-3-2-4-6-15/h2-6,8,10,13,17,22-23H,7,9,11-12,14H2,1H3,(H2,21,24)/t17-/m1/s1. The highest BCUT2D eigenvalue weighted by Gasteiger charge is 2.09. The number of amides is 1. The molecule has 1 amide bonds. The number of primary amides is 1. The Morgan fingerprint density at radius 2 is 1.88 bits per heavy atom. The first-order chi connectivity index (χ1) is 12.6. The number of benzene rings is 2. The Hall–Kier alpha value is -2.57. The number of ether oxygens (including phenoxy) is 2. The molecule has 4 N–H and O–H groups in total. The van der Waals surface area contributed by atoms with Gasteiger partial charge in [-0.05, 0) is 49.1 Å². The Balaban J connectivity index is 1.71. The molecule has 2 aromatic carbocycles. The number of hydrogen-bond donors (Lipinski definition) is 3. The summed E-state index contributed by atoms with van der Waals surface area (Å²) < 4.78 is 10.1. The second-order valence-electron chi connectivity index (χ2n) is 6.04. The van der Waals surface area contributed by atoms with E-state index in [0.717, 1.165) is 31.4 Å². The predicted octanol–water partition coefficient (Wildman–Crippen LogP) is 2.28. The van der Waals surface area contributed by atoms with Crippen LogP contribution < -0.4 is 20.5 Å². The van der Waals surface area contributed by atoms with Crippen molar-refractivity contribution in [1.82, 2.24) is 5.32 Å². The summed E-state index contributed by atoms with van der Waals surface area (Å²) in [5.41, 5.74) is 7.29. The van der Waals surface area contributed by atoms with E-state index in [4.69, 9.17) is 15.2 Å². The third kappa shape index (κ3) is 6.74. The summed E-state index contributed by atoms with van der Waals surface area (Å²) in [4.78, 5) is 10.9. The van der Waals surface area contributed by atoms with E-state index in [9.17, 15) is 9.90 Å². The molecule has 0 unspecified atom stereocenters. The van der Waals surface area contributed by atoms with E-state index in [0.29, 0.717) is 18.0 Å². The molecule has 0 aromatic heterocycles. The van der Waals surface area contributed by atoms with Crippen LogP contribution in [0.1, 0.15) is 17.5 Å². The van der Waals surface area contributed by atoms with Gasteiger partial charge in [-0.25, -0.2) is 4.79 Å². The van der Waals surface area contributed by atoms with Crippen LogP contribution in [0.25, 0.3) is 0 Å². The summed E-state index contributed by atoms with van der Waals surface area (Å²) >= 11 is 0. The third-order valence-corrected chi connectivity index (χ3v) is 4.02. The summed E-state index contributed by atoms with van der Waals surface area (Å²) in [6.07, 6.45) is 1.10. The molecular weight excluding hydrogens is 332 g/mol. The Morgan fingerprint density at radius 3 is 2.58 bits per heavy atom. The highest BCUT2D eigenvalue weighted by Crippen LogP contribution is 2.28. The lowest BCUT2D eigenvalue weighted by Gasteiger charge is -2.13. The molecule has 0 aliphatic carbocycles. The van der Waals surface area contributed by atoms with E-state index in [1.165, 1.54) is 12.7 Å². The van der Waals surface area contributed by atoms with E-state index in [1.54, 1.807) is 6.07 Å². The molecular formula is C20H26N2O4. The van der Waals surface area contributed by atoms with Gasteiger partial charge in [0, 0.05) is 6.54 Å². The van der Waals surface area contributed by atoms with Crippen molar-refractivity contribution in [1.29, 1.82) is 0 Å². The van der Waals surface area contributed by atoms with E-state index in [-0.39, 0.29) is 6.10 Å². The molecule has 0 bridgehead atoms. The molecule has 140 valence electrons. The van der Waals surface area contributed by atoms with Gasteiger partial charge in [0.2, 0.25) is 0 Å². The number of aryl methyl sites for hydroxylation is 1. The van der Waals surface area contributed by atoms with Crippen molar-refractivity contribution in [3.8, 4) is 11.5 Å². The van der Waals surface area contributed by atoms with E-state index in [2.05, 4.69) is 17.4 Å². The zero-order chi connectivity index (χ0) is 18.8. The summed E-state index contributed by atoms with van der Waals surface area (Å²) in [6.45, 7) is 1.27. The molecule has 0 saturated heterocycles. The van der Waals surface area contributed by atoms with Crippen LogP contribution in [0.2, 0.25) is 0 Å². The quantitative estimate of drug-likeness (QED) is 0.567. The molecule has 0 aliphatic rings. The summed E-state index contributed by atoms with van der Waals surface area (Å²) in [7, 11) is 1.51. The minimum Gasteiger partial charge on any atom is -0.493 e. The van der Waals surface area contributed by atoms with Gasteiger partial charge in [0.05, 0.1) is 13.2 Å². The van der Waals surface area contributed by atoms with Crippen molar-refractivity contribution in [2.75, 3.05) is 20.2 Å². The van der Waals surface area contributed by atoms with Gasteiger partial charge in [-0.3, -0.25) is 0 Å². The normalized spacial score (nSPS) is 11.8. The fourth-order valence-corrected chi connectivity index (χ4v) is 2.64. The van der Waals surface area contributed by atoms with Crippen LogP contribution in [0.4, 0.5) is 4.79 Å². The number of nitrogens with one attached hydrogen (secondary N) is 1. The minimum absolute atomic E-state index is 0.299. The van der Waals surface area contributed by atoms with Crippen LogP contribution in [0.3, 0.4) is 0 Å². The zero-order valence-electron chi connectivity index (χ0n) is 15.0. The monoisotopic (exact) mass is 358 g/mol. The number of nitrogens with two attached hydrogens (primary N) is 1. The highest BCUT2D eigenvalue weighted by molar-refractivity contribution is 5.69. The van der Waals surface area contributed by atoms with Crippen LogP contribution in [0, 0.1) is 0 Å². The Labute approximate surface area is 153 Å². The maximum absolute atomic E-state index is 10.9. The van der Waals surface area contributed by atoms with Crippen molar-refractivity contribution in [3.05, 3.63) is 59.7 Å². The molecule has 0 heterocycles. The first kappa shape index (κ1) is 19.8. The molecule has 6 heteroatoms. The lowest BCUT2D eigenvalue weighted by molar-refractivity contribution is 0.162. The number of hydrogen-bond acceptors (Lipinski definition) is 5. The average molecular weight is 358 g/mol. The van der Waals surface area contributed by atoms with Crippen molar-refractivity contribution in [2.24, 2.45) is 5.73 Å². The number of carbonyl (C=O) groups is 1. The van der Waals surface area contributed by atoms with Crippen LogP contribution >= 0.6 is 0 Å². The van der Waals surface area contributed by atoms with Gasteiger partial charge in [-0.2, -0.15) is 0 Å². The van der Waals surface area contributed by atoms with E-state index < -0.39 is 6.09 Å². The second kappa shape index (κ2) is 10.4. The molecule has 6 nitrogen and oxygen atoms in total. The molecule has 1 atom stereocenters. The van der Waals surface area contributed by atoms with E-state index in [1.807, 2.05) is 30.3 Å². The SMILES string of the molecule is COc1cc(CCNC[C@H](O)CCc2ccccc2)ccc1OC(N)=O. The average Bonchev–Trinajstić information content (AvgIpc) is 2.65. The molecule has 0 fully saturated rings. The zero-order valence-corrected chi connectivity index (χ0v) is 15.0. The molecule has 26 heavy (non-hydrogen) atoms. The smallest absolute Gasteiger partial charge is 0.410 e. The maximum Gasteiger partial charge on any atom is 0.410 e. The first-order valence-electron chi connectivity index (χ1n) is 8.65. The fraction of sp³-hybridized carbons (Fsp3) is 0.350. The topological polar surface area (TPSA) is 93.8 Å². The van der Waals surface area contributed by atoms with Crippen LogP contribution in [-0.2, 0) is 12.8 Å². The van der Waals surface area contributed by atoms with Crippen molar-refractivity contribution < 1.29 is 19.4 Å². The molecule has 0 radical (unpaired) electrons. The molecule has 0 spiro atoms. The number of rotatable bonds is 10. The van der Waals surface area contributed by atoms with Crippen molar-refractivity contribution in [3.63, 3.8) is 0 Å². The van der Waals surface area contributed by atoms with Crippen LogP contribution in [0.5, 0.6) is 11.5 Å². The number of aliphatic hydroxyl groups excluding tert-OH is 1. The number of carbonyl (C=O) groups excluding carboxylic acids is 1. The third-order valence-electron chi connectivity index (χ3n) is 4.02. The van der Waals surface area contributed by atoms with E-state index >= 15 is 0 Å². The van der Waals surface area contributed by atoms with Gasteiger partial charge in [-0.15, -0.1) is 0 Å². The second-order valence-corrected chi connectivity index (χ2v) is 6.04. The minimum atomic E-state index is -0.873. The number of aliphatic hydroxyl groups is 1.